The minimum Gasteiger partial charge on any atom is -0.320 e. The summed E-state index contributed by atoms with van der Waals surface area (Å²) in [5.41, 5.74) is 0. The number of ether oxygens (including phenoxy) is 1. The van der Waals surface area contributed by atoms with Crippen molar-refractivity contribution in [3.05, 3.63) is 0 Å². The van der Waals surface area contributed by atoms with Gasteiger partial charge in [-0.25, -0.2) is 9.78 Å². The Morgan fingerprint density at radius 3 is 2.50 bits per heavy atom. The van der Waals surface area contributed by atoms with E-state index < -0.39 is 4.33 Å². The van der Waals surface area contributed by atoms with Gasteiger partial charge in [0, 0.05) is 5.92 Å². The minimum absolute atomic E-state index is 0.0679. The second-order valence-corrected chi connectivity index (χ2v) is 3.98. The van der Waals surface area contributed by atoms with Crippen molar-refractivity contribution in [3.8, 4) is 0 Å². The van der Waals surface area contributed by atoms with E-state index in [0.29, 0.717) is 6.42 Å². The van der Waals surface area contributed by atoms with Crippen LogP contribution < -0.4 is 0 Å². The van der Waals surface area contributed by atoms with Gasteiger partial charge in [0.15, 0.2) is 13.1 Å². The van der Waals surface area contributed by atoms with Gasteiger partial charge in [0.1, 0.15) is 4.33 Å². The fourth-order valence-corrected chi connectivity index (χ4v) is 1.47. The summed E-state index contributed by atoms with van der Waals surface area (Å²) >= 11 is 11.5. The highest BCUT2D eigenvalue weighted by atomic mass is 35.5. The lowest BCUT2D eigenvalue weighted by Gasteiger charge is -2.03. The molecule has 0 N–H and O–H groups in total. The molecule has 1 aliphatic heterocycles. The largest absolute Gasteiger partial charge is 0.320 e. The van der Waals surface area contributed by atoms with Gasteiger partial charge in [-0.05, 0) is 6.42 Å². The highest BCUT2D eigenvalue weighted by molar-refractivity contribution is 6.50. The molecule has 1 saturated carbocycles. The lowest BCUT2D eigenvalue weighted by Crippen LogP contribution is -2.13. The van der Waals surface area contributed by atoms with Gasteiger partial charge in [0.2, 0.25) is 0 Å². The van der Waals surface area contributed by atoms with E-state index in [4.69, 9.17) is 32.8 Å². The Kier molecular flexibility index (Phi) is 1.58. The van der Waals surface area contributed by atoms with Gasteiger partial charge >= 0.3 is 0 Å². The van der Waals surface area contributed by atoms with Crippen molar-refractivity contribution in [1.29, 1.82) is 0 Å². The van der Waals surface area contributed by atoms with E-state index in [1.807, 2.05) is 0 Å². The van der Waals surface area contributed by atoms with Crippen LogP contribution in [0.4, 0.5) is 0 Å². The monoisotopic (exact) mass is 184 g/mol. The molecular formula is C5H6Cl2O3. The zero-order valence-corrected chi connectivity index (χ0v) is 6.56. The first-order valence-electron chi connectivity index (χ1n) is 2.98. The number of rotatable bonds is 1. The van der Waals surface area contributed by atoms with Crippen LogP contribution in [0.5, 0.6) is 0 Å². The maximum Gasteiger partial charge on any atom is 0.199 e. The fourth-order valence-electron chi connectivity index (χ4n) is 0.930. The van der Waals surface area contributed by atoms with Crippen LogP contribution in [0, 0.1) is 5.92 Å². The fraction of sp³-hybridized carbons (Fsp3) is 1.00. The van der Waals surface area contributed by atoms with Crippen LogP contribution in [-0.4, -0.2) is 17.4 Å². The SMILES string of the molecule is ClC1(Cl)CC1C1OCOO1. The maximum atomic E-state index is 5.74. The molecule has 0 aromatic carbocycles. The quantitative estimate of drug-likeness (QED) is 0.457. The van der Waals surface area contributed by atoms with E-state index in [2.05, 4.69) is 4.89 Å². The van der Waals surface area contributed by atoms with Crippen LogP contribution in [-0.2, 0) is 14.5 Å². The van der Waals surface area contributed by atoms with E-state index in [9.17, 15) is 0 Å². The van der Waals surface area contributed by atoms with E-state index in [-0.39, 0.29) is 19.0 Å². The standard InChI is InChI=1S/C5H6Cl2O3/c6-5(7)1-3(5)4-8-2-9-10-4/h3-4H,1-2H2. The topological polar surface area (TPSA) is 27.7 Å². The molecule has 0 aromatic heterocycles. The molecule has 0 amide bonds. The first-order chi connectivity index (χ1) is 4.70. The number of hydrogen-bond donors (Lipinski definition) is 0. The molecule has 2 rings (SSSR count). The first kappa shape index (κ1) is 7.13. The number of hydrogen-bond acceptors (Lipinski definition) is 3. The third-order valence-electron chi connectivity index (χ3n) is 1.65. The molecular weight excluding hydrogens is 179 g/mol. The highest BCUT2D eigenvalue weighted by Gasteiger charge is 2.58. The highest BCUT2D eigenvalue weighted by Crippen LogP contribution is 2.56. The normalized spacial score (nSPS) is 43.8. The molecule has 2 unspecified atom stereocenters. The van der Waals surface area contributed by atoms with Crippen molar-refractivity contribution in [3.63, 3.8) is 0 Å². The molecule has 3 nitrogen and oxygen atoms in total. The van der Waals surface area contributed by atoms with Crippen LogP contribution >= 0.6 is 23.2 Å². The van der Waals surface area contributed by atoms with Gasteiger partial charge in [0.05, 0.1) is 0 Å². The van der Waals surface area contributed by atoms with Crippen LogP contribution in [0.1, 0.15) is 6.42 Å². The van der Waals surface area contributed by atoms with E-state index in [1.54, 1.807) is 0 Å². The lowest BCUT2D eigenvalue weighted by molar-refractivity contribution is -0.281. The van der Waals surface area contributed by atoms with E-state index in [0.717, 1.165) is 0 Å². The molecule has 10 heavy (non-hydrogen) atoms. The summed E-state index contributed by atoms with van der Waals surface area (Å²) in [6.45, 7) is 0.172. The lowest BCUT2D eigenvalue weighted by atomic mass is 10.4. The van der Waals surface area contributed by atoms with Gasteiger partial charge in [0.25, 0.3) is 0 Å². The summed E-state index contributed by atoms with van der Waals surface area (Å²) in [5, 5.41) is 0. The van der Waals surface area contributed by atoms with Crippen LogP contribution in [0.15, 0.2) is 0 Å². The van der Waals surface area contributed by atoms with Gasteiger partial charge in [-0.2, -0.15) is 0 Å². The zero-order chi connectivity index (χ0) is 7.19. The Morgan fingerprint density at radius 1 is 1.40 bits per heavy atom. The van der Waals surface area contributed by atoms with Crippen molar-refractivity contribution in [1.82, 2.24) is 0 Å². The average molecular weight is 185 g/mol. The second kappa shape index (κ2) is 2.22. The first-order valence-corrected chi connectivity index (χ1v) is 3.73. The van der Waals surface area contributed by atoms with Crippen molar-refractivity contribution in [2.75, 3.05) is 6.79 Å². The smallest absolute Gasteiger partial charge is 0.199 e. The Bertz CT molecular complexity index is 141. The summed E-state index contributed by atoms with van der Waals surface area (Å²) < 4.78 is 4.34. The molecule has 0 radical (unpaired) electrons. The molecule has 1 saturated heterocycles. The Morgan fingerprint density at radius 2 is 2.10 bits per heavy atom. The molecule has 58 valence electrons. The Hall–Kier alpha value is 0.460. The summed E-state index contributed by atoms with van der Waals surface area (Å²) in [6.07, 6.45) is 0.347. The molecule has 0 bridgehead atoms. The maximum absolute atomic E-state index is 5.74. The average Bonchev–Trinajstić information content (AvgIpc) is 2.31. The zero-order valence-electron chi connectivity index (χ0n) is 5.05. The third-order valence-corrected chi connectivity index (χ3v) is 2.52. The number of halogens is 2. The molecule has 2 aliphatic rings. The summed E-state index contributed by atoms with van der Waals surface area (Å²) in [4.78, 5) is 9.23. The second-order valence-electron chi connectivity index (χ2n) is 2.44. The summed E-state index contributed by atoms with van der Waals surface area (Å²) in [7, 11) is 0. The predicted molar refractivity (Wildman–Crippen MR) is 34.5 cm³/mol. The van der Waals surface area contributed by atoms with E-state index >= 15 is 0 Å². The van der Waals surface area contributed by atoms with Crippen molar-refractivity contribution >= 4 is 23.2 Å². The van der Waals surface area contributed by atoms with Crippen LogP contribution in [0.2, 0.25) is 0 Å². The van der Waals surface area contributed by atoms with Crippen molar-refractivity contribution in [2.45, 2.75) is 17.0 Å². The molecule has 1 aliphatic carbocycles. The minimum atomic E-state index is -0.654. The molecule has 5 heteroatoms. The summed E-state index contributed by atoms with van der Waals surface area (Å²) in [6, 6.07) is 0. The molecule has 2 atom stereocenters. The molecule has 2 fully saturated rings. The van der Waals surface area contributed by atoms with Gasteiger partial charge < -0.3 is 4.74 Å². The molecule has 0 aromatic rings. The third kappa shape index (κ3) is 1.12. The van der Waals surface area contributed by atoms with Gasteiger partial charge in [-0.1, -0.05) is 0 Å². The predicted octanol–water partition coefficient (Wildman–Crippen LogP) is 1.44. The Labute approximate surface area is 68.1 Å². The number of alkyl halides is 2. The summed E-state index contributed by atoms with van der Waals surface area (Å²) in [5.74, 6) is 0.0679. The van der Waals surface area contributed by atoms with Crippen LogP contribution in [0.25, 0.3) is 0 Å². The Balaban J connectivity index is 1.90. The van der Waals surface area contributed by atoms with Crippen molar-refractivity contribution in [2.24, 2.45) is 5.92 Å². The molecule has 1 heterocycles. The van der Waals surface area contributed by atoms with Gasteiger partial charge in [-0.3, -0.25) is 0 Å². The van der Waals surface area contributed by atoms with E-state index in [1.165, 1.54) is 0 Å². The molecule has 0 spiro atoms. The van der Waals surface area contributed by atoms with Crippen molar-refractivity contribution < 1.29 is 14.5 Å². The van der Waals surface area contributed by atoms with Crippen LogP contribution in [0.3, 0.4) is 0 Å². The van der Waals surface area contributed by atoms with Gasteiger partial charge in [-0.15, -0.1) is 23.2 Å².